The maximum absolute atomic E-state index is 8.44. The van der Waals surface area contributed by atoms with Crippen molar-refractivity contribution in [2.45, 2.75) is 105 Å². The average Bonchev–Trinajstić information content (AvgIpc) is 3.93. The molecular weight excluding hydrogens is 1070 g/mol. The van der Waals surface area contributed by atoms with Gasteiger partial charge in [0.1, 0.15) is 5.58 Å². The molecule has 6 heteroatoms. The van der Waals surface area contributed by atoms with E-state index in [0.29, 0.717) is 0 Å². The van der Waals surface area contributed by atoms with E-state index in [4.69, 9.17) is 10.8 Å². The van der Waals surface area contributed by atoms with Gasteiger partial charge in [0, 0.05) is 38.7 Å². The Morgan fingerprint density at radius 2 is 1.32 bits per heavy atom. The third-order valence-electron chi connectivity index (χ3n) is 14.0. The predicted molar refractivity (Wildman–Crippen MR) is 306 cm³/mol. The fourth-order valence-corrected chi connectivity index (χ4v) is 11.9. The van der Waals surface area contributed by atoms with Gasteiger partial charge in [-0.1, -0.05) is 183 Å². The van der Waals surface area contributed by atoms with Crippen LogP contribution in [0, 0.1) is 12.1 Å². The van der Waals surface area contributed by atoms with Gasteiger partial charge in [-0.3, -0.25) is 4.98 Å². The van der Waals surface area contributed by atoms with Crippen molar-refractivity contribution >= 4 is 67.8 Å². The maximum Gasteiger partial charge on any atom is 0.121 e. The second-order valence-corrected chi connectivity index (χ2v) is 27.1. The molecule has 0 fully saturated rings. The number of hydrogen-bond acceptors (Lipinski definition) is 3. The van der Waals surface area contributed by atoms with Gasteiger partial charge in [0.15, 0.2) is 0 Å². The Balaban J connectivity index is 0.000000264. The minimum atomic E-state index is -1.50. The van der Waals surface area contributed by atoms with Crippen LogP contribution >= 0.6 is 0 Å². The standard InChI is InChI=1S/C49H43N2O.C17H22NSi.Ir/c1-29(2)37-26-34(31-15-9-8-10-16-31)27-38(30(3)4)46(37)51-43-20-14-13-19-42(43)50-48(51)36-23-24-41(49(5,6)7)45-40-25-33-22-21-32-17-11-12-18-35(32)39(33)28-44(40)52-47(36)45;1-13(2)15-11-16(14-9-7-6-8-10-14)18-12-17(15)19(3,4)5;/h8-22,24-30H,1-7H3;6-9,11-13H,1-5H3;/q2*-1;/i;13D;. The smallest absolute Gasteiger partial charge is 0.121 e. The molecule has 0 saturated carbocycles. The van der Waals surface area contributed by atoms with Crippen molar-refractivity contribution < 1.29 is 25.9 Å². The van der Waals surface area contributed by atoms with Crippen molar-refractivity contribution in [3.8, 4) is 39.5 Å². The van der Waals surface area contributed by atoms with Crippen molar-refractivity contribution in [1.82, 2.24) is 14.5 Å². The third kappa shape index (κ3) is 9.42. The van der Waals surface area contributed by atoms with E-state index in [1.807, 2.05) is 44.3 Å². The fraction of sp³-hybridized carbons (Fsp3) is 0.242. The Labute approximate surface area is 442 Å². The van der Waals surface area contributed by atoms with Crippen LogP contribution in [0.3, 0.4) is 0 Å². The fourth-order valence-electron chi connectivity index (χ4n) is 10.3. The van der Waals surface area contributed by atoms with Crippen LogP contribution in [0.4, 0.5) is 0 Å². The van der Waals surface area contributed by atoms with Crippen LogP contribution < -0.4 is 5.19 Å². The first-order chi connectivity index (χ1) is 34.3. The third-order valence-corrected chi connectivity index (χ3v) is 16.0. The van der Waals surface area contributed by atoms with Gasteiger partial charge in [0.2, 0.25) is 0 Å². The van der Waals surface area contributed by atoms with E-state index in [-0.39, 0.29) is 37.4 Å². The summed E-state index contributed by atoms with van der Waals surface area (Å²) in [5, 5.41) is 8.39. The largest absolute Gasteiger partial charge is 0.501 e. The van der Waals surface area contributed by atoms with Gasteiger partial charge in [0.25, 0.3) is 0 Å². The topological polar surface area (TPSA) is 43.9 Å². The van der Waals surface area contributed by atoms with Gasteiger partial charge in [-0.25, -0.2) is 0 Å². The average molecular weight is 1140 g/mol. The molecule has 11 aromatic rings. The van der Waals surface area contributed by atoms with Crippen molar-refractivity contribution in [3.05, 3.63) is 192 Å². The van der Waals surface area contributed by atoms with E-state index in [9.17, 15) is 0 Å². The minimum absolute atomic E-state index is 0. The molecule has 72 heavy (non-hydrogen) atoms. The number of rotatable bonds is 8. The zero-order valence-corrected chi connectivity index (χ0v) is 47.1. The van der Waals surface area contributed by atoms with Crippen molar-refractivity contribution in [3.63, 3.8) is 0 Å². The second kappa shape index (κ2) is 19.9. The van der Waals surface area contributed by atoms with Gasteiger partial charge in [-0.2, -0.15) is 0 Å². The van der Waals surface area contributed by atoms with E-state index in [2.05, 4.69) is 217 Å². The number of hydrogen-bond donors (Lipinski definition) is 0. The zero-order valence-electron chi connectivity index (χ0n) is 44.7. The van der Waals surface area contributed by atoms with Crippen LogP contribution in [0.1, 0.15) is 104 Å². The van der Waals surface area contributed by atoms with Gasteiger partial charge in [-0.15, -0.1) is 53.6 Å². The number of pyridine rings is 1. The number of para-hydroxylation sites is 2. The minimum Gasteiger partial charge on any atom is -0.501 e. The molecule has 0 aliphatic heterocycles. The summed E-state index contributed by atoms with van der Waals surface area (Å²) in [6.45, 7) is 26.8. The molecule has 0 atom stereocenters. The Hall–Kier alpha value is -6.43. The molecule has 8 aromatic carbocycles. The molecule has 0 saturated heterocycles. The maximum atomic E-state index is 8.44. The molecule has 3 aromatic heterocycles. The number of imidazole rings is 1. The number of aromatic nitrogens is 3. The van der Waals surface area contributed by atoms with E-state index >= 15 is 0 Å². The molecule has 11 rings (SSSR count). The molecule has 0 aliphatic rings. The summed E-state index contributed by atoms with van der Waals surface area (Å²) in [5.74, 6) is 0.774. The monoisotopic (exact) mass is 1140 g/mol. The Bertz CT molecular complexity index is 3790. The van der Waals surface area contributed by atoms with E-state index < -0.39 is 14.0 Å². The van der Waals surface area contributed by atoms with Crippen LogP contribution in [0.2, 0.25) is 19.6 Å². The van der Waals surface area contributed by atoms with Crippen molar-refractivity contribution in [1.29, 1.82) is 0 Å². The quantitative estimate of drug-likeness (QED) is 0.0865. The van der Waals surface area contributed by atoms with E-state index in [1.165, 1.54) is 60.2 Å². The summed E-state index contributed by atoms with van der Waals surface area (Å²) >= 11 is 0. The Kier molecular flexibility index (Phi) is 13.6. The van der Waals surface area contributed by atoms with Crippen LogP contribution in [0.5, 0.6) is 0 Å². The summed E-state index contributed by atoms with van der Waals surface area (Å²) in [7, 11) is -1.50. The molecule has 0 unspecified atom stereocenters. The summed E-state index contributed by atoms with van der Waals surface area (Å²) in [6, 6.07) is 60.7. The second-order valence-electron chi connectivity index (χ2n) is 22.1. The molecule has 4 nitrogen and oxygen atoms in total. The molecule has 0 spiro atoms. The zero-order chi connectivity index (χ0) is 50.9. The first-order valence-corrected chi connectivity index (χ1v) is 28.7. The molecule has 0 aliphatic carbocycles. The Morgan fingerprint density at radius 1 is 0.653 bits per heavy atom. The summed E-state index contributed by atoms with van der Waals surface area (Å²) in [6.07, 6.45) is 1.98. The number of fused-ring (bicyclic) bond motifs is 7. The van der Waals surface area contributed by atoms with Gasteiger partial charge in [0.05, 0.1) is 30.5 Å². The van der Waals surface area contributed by atoms with E-state index in [1.54, 1.807) is 0 Å². The van der Waals surface area contributed by atoms with Crippen LogP contribution in [-0.2, 0) is 25.5 Å². The van der Waals surface area contributed by atoms with Crippen molar-refractivity contribution in [2.24, 2.45) is 0 Å². The molecular formula is C66H65IrN3OSi-2. The van der Waals surface area contributed by atoms with Crippen LogP contribution in [0.15, 0.2) is 162 Å². The predicted octanol–water partition coefficient (Wildman–Crippen LogP) is 18.1. The molecule has 365 valence electrons. The summed E-state index contributed by atoms with van der Waals surface area (Å²) in [4.78, 5) is 10.0. The summed E-state index contributed by atoms with van der Waals surface area (Å²) in [5.41, 5.74) is 14.9. The van der Waals surface area contributed by atoms with E-state index in [0.717, 1.165) is 61.2 Å². The van der Waals surface area contributed by atoms with Crippen molar-refractivity contribution in [2.75, 3.05) is 0 Å². The van der Waals surface area contributed by atoms with Crippen LogP contribution in [-0.4, -0.2) is 22.6 Å². The number of furan rings is 1. The molecule has 0 amide bonds. The van der Waals surface area contributed by atoms with Gasteiger partial charge < -0.3 is 14.0 Å². The summed E-state index contributed by atoms with van der Waals surface area (Å²) < 4.78 is 17.9. The van der Waals surface area contributed by atoms with Gasteiger partial charge >= 0.3 is 0 Å². The first-order valence-electron chi connectivity index (χ1n) is 25.7. The molecule has 3 heterocycles. The van der Waals surface area contributed by atoms with Crippen LogP contribution in [0.25, 0.3) is 94.0 Å². The molecule has 0 N–H and O–H groups in total. The molecule has 0 bridgehead atoms. The molecule has 1 radical (unpaired) electrons. The number of benzene rings is 8. The van der Waals surface area contributed by atoms with Gasteiger partial charge in [-0.05, 0) is 114 Å². The Morgan fingerprint density at radius 3 is 1.99 bits per heavy atom. The number of nitrogens with zero attached hydrogens (tertiary/aromatic N) is 3. The first kappa shape index (κ1) is 49.2. The normalized spacial score (nSPS) is 12.5. The SMILES string of the molecule is CC(C)c1cc(-c2ccccc2)cc(C(C)C)c1-n1c(-c2[c-]cc(C(C)(C)C)c3c2oc2cc4c(ccc5ccccc54)cc23)nc2ccccc21.[2H]C(C)(C)c1cc(-c2[c-]cccc2)ncc1[Si](C)(C)C.[Ir].